The van der Waals surface area contributed by atoms with Crippen molar-refractivity contribution >= 4 is 27.5 Å². The van der Waals surface area contributed by atoms with Crippen LogP contribution in [-0.2, 0) is 15.0 Å². The largest absolute Gasteiger partial charge is 0.484 e. The molecule has 8 nitrogen and oxygen atoms in total. The van der Waals surface area contributed by atoms with E-state index in [0.717, 1.165) is 12.1 Å². The van der Waals surface area contributed by atoms with Crippen molar-refractivity contribution in [3.05, 3.63) is 58.6 Å². The van der Waals surface area contributed by atoms with Gasteiger partial charge in [0.25, 0.3) is 11.6 Å². The molecule has 0 fully saturated rings. The van der Waals surface area contributed by atoms with Crippen LogP contribution in [0.1, 0.15) is 0 Å². The molecule has 0 aliphatic heterocycles. The molecule has 10 heteroatoms. The Morgan fingerprint density at radius 2 is 1.71 bits per heavy atom. The molecule has 0 saturated carbocycles. The number of amides is 1. The van der Waals surface area contributed by atoms with Crippen LogP contribution in [0.25, 0.3) is 0 Å². The molecule has 0 aromatic heterocycles. The number of hydrogen-bond donors (Lipinski definition) is 1. The van der Waals surface area contributed by atoms with Gasteiger partial charge in [-0.3, -0.25) is 14.9 Å². The number of nitrogens with one attached hydrogen (secondary N) is 1. The fourth-order valence-corrected chi connectivity index (χ4v) is 2.17. The Labute approximate surface area is 136 Å². The van der Waals surface area contributed by atoms with Gasteiger partial charge in [-0.25, -0.2) is 0 Å². The zero-order valence-electron chi connectivity index (χ0n) is 12.0. The molecule has 0 aliphatic rings. The van der Waals surface area contributed by atoms with Crippen LogP contribution in [0, 0.1) is 10.1 Å². The van der Waals surface area contributed by atoms with Gasteiger partial charge in [0.05, 0.1) is 9.82 Å². The van der Waals surface area contributed by atoms with Gasteiger partial charge in [0, 0.05) is 17.8 Å². The van der Waals surface area contributed by atoms with Gasteiger partial charge >= 0.3 is 10.2 Å². The summed E-state index contributed by atoms with van der Waals surface area (Å²) in [7, 11) is -4.79. The first-order chi connectivity index (χ1) is 11.3. The quantitative estimate of drug-likeness (QED) is 0.483. The van der Waals surface area contributed by atoms with Crippen LogP contribution in [0.2, 0.25) is 0 Å². The molecule has 0 unspecified atom stereocenters. The van der Waals surface area contributed by atoms with Gasteiger partial charge in [0.15, 0.2) is 6.61 Å². The van der Waals surface area contributed by atoms with Crippen LogP contribution in [0.5, 0.6) is 5.75 Å². The monoisotopic (exact) mass is 354 g/mol. The first kappa shape index (κ1) is 17.3. The summed E-state index contributed by atoms with van der Waals surface area (Å²) in [6, 6.07) is 9.68. The number of ether oxygens (including phenoxy) is 1. The molecule has 24 heavy (non-hydrogen) atoms. The Morgan fingerprint density at radius 1 is 1.12 bits per heavy atom. The van der Waals surface area contributed by atoms with Crippen molar-refractivity contribution in [1.29, 1.82) is 0 Å². The van der Waals surface area contributed by atoms with Gasteiger partial charge in [-0.15, -0.1) is 3.89 Å². The van der Waals surface area contributed by atoms with Gasteiger partial charge in [-0.05, 0) is 36.4 Å². The highest BCUT2D eigenvalue weighted by atomic mass is 32.3. The van der Waals surface area contributed by atoms with Crippen LogP contribution in [0.4, 0.5) is 15.3 Å². The smallest absolute Gasteiger partial charge is 0.332 e. The number of non-ortho nitro benzene ring substituents is 1. The van der Waals surface area contributed by atoms with E-state index < -0.39 is 25.9 Å². The van der Waals surface area contributed by atoms with Crippen LogP contribution >= 0.6 is 0 Å². The highest BCUT2D eigenvalue weighted by Crippen LogP contribution is 2.18. The lowest BCUT2D eigenvalue weighted by Gasteiger charge is -2.07. The maximum absolute atomic E-state index is 12.7. The van der Waals surface area contributed by atoms with Gasteiger partial charge < -0.3 is 10.1 Å². The lowest BCUT2D eigenvalue weighted by Crippen LogP contribution is -2.20. The zero-order chi connectivity index (χ0) is 17.7. The molecule has 2 aromatic rings. The molecule has 2 aromatic carbocycles. The number of hydrogen-bond acceptors (Lipinski definition) is 6. The van der Waals surface area contributed by atoms with Crippen molar-refractivity contribution in [3.63, 3.8) is 0 Å². The Bertz CT molecular complexity index is 850. The van der Waals surface area contributed by atoms with Crippen molar-refractivity contribution in [3.8, 4) is 5.75 Å². The number of nitro groups is 1. The van der Waals surface area contributed by atoms with E-state index in [0.29, 0.717) is 0 Å². The molecule has 0 bridgehead atoms. The summed E-state index contributed by atoms with van der Waals surface area (Å²) in [5.74, 6) is -0.265. The maximum atomic E-state index is 12.7. The topological polar surface area (TPSA) is 116 Å². The fourth-order valence-electron chi connectivity index (χ4n) is 1.71. The van der Waals surface area contributed by atoms with Crippen molar-refractivity contribution in [2.45, 2.75) is 4.90 Å². The predicted molar refractivity (Wildman–Crippen MR) is 82.0 cm³/mol. The van der Waals surface area contributed by atoms with Crippen LogP contribution in [-0.4, -0.2) is 25.9 Å². The number of carbonyl (C=O) groups excluding carboxylic acids is 1. The summed E-state index contributed by atoms with van der Waals surface area (Å²) in [5.41, 5.74) is 0.161. The number of rotatable bonds is 6. The second-order valence-electron chi connectivity index (χ2n) is 4.55. The molecule has 0 heterocycles. The van der Waals surface area contributed by atoms with Crippen molar-refractivity contribution in [1.82, 2.24) is 0 Å². The van der Waals surface area contributed by atoms with E-state index in [2.05, 4.69) is 5.32 Å². The summed E-state index contributed by atoms with van der Waals surface area (Å²) >= 11 is 0. The summed E-state index contributed by atoms with van der Waals surface area (Å²) in [6.07, 6.45) is 0. The maximum Gasteiger partial charge on any atom is 0.332 e. The van der Waals surface area contributed by atoms with Gasteiger partial charge in [-0.2, -0.15) is 8.42 Å². The van der Waals surface area contributed by atoms with Crippen LogP contribution in [0.3, 0.4) is 0 Å². The minimum atomic E-state index is -4.79. The first-order valence-corrected chi connectivity index (χ1v) is 7.86. The Balaban J connectivity index is 1.90. The fraction of sp³-hybridized carbons (Fsp3) is 0.0714. The number of carbonyl (C=O) groups is 1. The van der Waals surface area contributed by atoms with Gasteiger partial charge in [-0.1, -0.05) is 0 Å². The lowest BCUT2D eigenvalue weighted by atomic mass is 10.3. The van der Waals surface area contributed by atoms with Crippen molar-refractivity contribution < 1.29 is 26.8 Å². The molecule has 1 N–H and O–H groups in total. The first-order valence-electron chi connectivity index (χ1n) is 6.47. The van der Waals surface area contributed by atoms with E-state index in [1.807, 2.05) is 0 Å². The minimum absolute atomic E-state index is 0.102. The van der Waals surface area contributed by atoms with Gasteiger partial charge in [0.1, 0.15) is 5.75 Å². The molecule has 2 rings (SSSR count). The SMILES string of the molecule is O=C(COc1ccc([N+](=O)[O-])cc1)Nc1ccc(S(=O)(=O)F)cc1. The highest BCUT2D eigenvalue weighted by Gasteiger charge is 2.12. The third kappa shape index (κ3) is 4.74. The van der Waals surface area contributed by atoms with Gasteiger partial charge in [0.2, 0.25) is 0 Å². The molecule has 0 saturated heterocycles. The number of halogens is 1. The van der Waals surface area contributed by atoms with E-state index in [-0.39, 0.29) is 23.7 Å². The third-order valence-electron chi connectivity index (χ3n) is 2.84. The molecule has 126 valence electrons. The second kappa shape index (κ2) is 7.04. The number of benzene rings is 2. The molecular formula is C14H11FN2O6S. The summed E-state index contributed by atoms with van der Waals surface area (Å²) in [6.45, 7) is -0.360. The molecule has 0 radical (unpaired) electrons. The lowest BCUT2D eigenvalue weighted by molar-refractivity contribution is -0.384. The number of nitro benzene ring substituents is 1. The Kier molecular flexibility index (Phi) is 5.09. The normalized spacial score (nSPS) is 10.9. The summed E-state index contributed by atoms with van der Waals surface area (Å²) in [5, 5.41) is 12.9. The van der Waals surface area contributed by atoms with E-state index >= 15 is 0 Å². The molecule has 1 amide bonds. The van der Waals surface area contributed by atoms with Crippen LogP contribution in [0.15, 0.2) is 53.4 Å². The average Bonchev–Trinajstić information content (AvgIpc) is 2.53. The summed E-state index contributed by atoms with van der Waals surface area (Å²) in [4.78, 5) is 21.1. The highest BCUT2D eigenvalue weighted by molar-refractivity contribution is 7.86. The van der Waals surface area contributed by atoms with Crippen molar-refractivity contribution in [2.75, 3.05) is 11.9 Å². The minimum Gasteiger partial charge on any atom is -0.484 e. The number of nitrogens with zero attached hydrogens (tertiary/aromatic N) is 1. The average molecular weight is 354 g/mol. The van der Waals surface area contributed by atoms with E-state index in [4.69, 9.17) is 4.74 Å². The molecular weight excluding hydrogens is 343 g/mol. The third-order valence-corrected chi connectivity index (χ3v) is 3.67. The van der Waals surface area contributed by atoms with E-state index in [1.165, 1.54) is 36.4 Å². The molecule has 0 aliphatic carbocycles. The number of anilines is 1. The molecule has 0 spiro atoms. The van der Waals surface area contributed by atoms with Crippen LogP contribution < -0.4 is 10.1 Å². The molecule has 0 atom stereocenters. The Hall–Kier alpha value is -3.01. The summed E-state index contributed by atoms with van der Waals surface area (Å²) < 4.78 is 39.2. The zero-order valence-corrected chi connectivity index (χ0v) is 12.8. The van der Waals surface area contributed by atoms with E-state index in [9.17, 15) is 27.2 Å². The van der Waals surface area contributed by atoms with E-state index in [1.54, 1.807) is 0 Å². The van der Waals surface area contributed by atoms with Crippen molar-refractivity contribution in [2.24, 2.45) is 0 Å². The standard InChI is InChI=1S/C14H11FN2O6S/c15-24(21,22)13-7-1-10(2-8-13)16-14(18)9-23-12-5-3-11(4-6-12)17(19)20/h1-8H,9H2,(H,16,18). The predicted octanol–water partition coefficient (Wildman–Crippen LogP) is 2.27. The second-order valence-corrected chi connectivity index (χ2v) is 5.90. The Morgan fingerprint density at radius 3 is 2.21 bits per heavy atom.